The van der Waals surface area contributed by atoms with Crippen molar-refractivity contribution in [1.82, 2.24) is 0 Å². The molecule has 0 heterocycles. The first-order valence-electron chi connectivity index (χ1n) is 3.68. The molecular formula is C8H16INO. The molecule has 3 N–H and O–H groups in total. The van der Waals surface area contributed by atoms with Gasteiger partial charge in [-0.25, -0.2) is 0 Å². The molecule has 0 fully saturated rings. The monoisotopic (exact) mass is 269 g/mol. The molecule has 0 amide bonds. The van der Waals surface area contributed by atoms with Crippen LogP contribution in [0.15, 0.2) is 12.3 Å². The average molecular weight is 269 g/mol. The van der Waals surface area contributed by atoms with E-state index in [1.54, 1.807) is 0 Å². The molecule has 0 spiro atoms. The highest BCUT2D eigenvalue weighted by atomic mass is 127. The fraction of sp³-hybridized carbons (Fsp3) is 0.750. The van der Waals surface area contributed by atoms with Crippen LogP contribution in [0, 0.1) is 5.92 Å². The maximum atomic E-state index is 8.83. The van der Waals surface area contributed by atoms with Crippen LogP contribution < -0.4 is 5.73 Å². The van der Waals surface area contributed by atoms with Gasteiger partial charge in [0.15, 0.2) is 0 Å². The van der Waals surface area contributed by atoms with Gasteiger partial charge in [-0.05, 0) is 19.3 Å². The first-order valence-corrected chi connectivity index (χ1v) is 4.76. The first-order chi connectivity index (χ1) is 4.84. The summed E-state index contributed by atoms with van der Waals surface area (Å²) >= 11 is 2.22. The molecule has 0 rings (SSSR count). The number of hydrogen-bond donors (Lipinski definition) is 2. The molecule has 0 aliphatic heterocycles. The van der Waals surface area contributed by atoms with Crippen LogP contribution in [0.5, 0.6) is 0 Å². The maximum Gasteiger partial charge on any atom is 0.0851 e. The van der Waals surface area contributed by atoms with Crippen LogP contribution in [0.1, 0.15) is 26.7 Å². The molecule has 0 aromatic rings. The molecule has 2 nitrogen and oxygen atoms in total. The Kier molecular flexibility index (Phi) is 4.39. The van der Waals surface area contributed by atoms with Crippen molar-refractivity contribution < 1.29 is 5.11 Å². The van der Waals surface area contributed by atoms with E-state index in [-0.39, 0.29) is 9.30 Å². The van der Waals surface area contributed by atoms with Crippen LogP contribution in [0.4, 0.5) is 0 Å². The maximum absolute atomic E-state index is 8.83. The minimum Gasteiger partial charge on any atom is -0.513 e. The van der Waals surface area contributed by atoms with Crippen LogP contribution >= 0.6 is 22.6 Å². The number of hydrogen-bond acceptors (Lipinski definition) is 2. The van der Waals surface area contributed by atoms with Gasteiger partial charge in [-0.3, -0.25) is 0 Å². The van der Waals surface area contributed by atoms with E-state index in [4.69, 9.17) is 10.8 Å². The lowest BCUT2D eigenvalue weighted by Gasteiger charge is -2.24. The molecule has 66 valence electrons. The van der Waals surface area contributed by atoms with Gasteiger partial charge in [0, 0.05) is 6.42 Å². The van der Waals surface area contributed by atoms with E-state index in [2.05, 4.69) is 36.1 Å². The number of allylic oxidation sites excluding steroid dienone is 1. The number of alkyl halides is 1. The van der Waals surface area contributed by atoms with Gasteiger partial charge in [0.05, 0.1) is 9.30 Å². The minimum absolute atomic E-state index is 0.187. The SMILES string of the molecule is C=C(O)CC[C@H](C)[C@@](C)(N)I. The summed E-state index contributed by atoms with van der Waals surface area (Å²) in [6.07, 6.45) is 1.54. The van der Waals surface area contributed by atoms with Crippen molar-refractivity contribution in [3.05, 3.63) is 12.3 Å². The fourth-order valence-corrected chi connectivity index (χ4v) is 0.977. The summed E-state index contributed by atoms with van der Waals surface area (Å²) in [7, 11) is 0. The summed E-state index contributed by atoms with van der Waals surface area (Å²) < 4.78 is -0.187. The predicted molar refractivity (Wildman–Crippen MR) is 56.8 cm³/mol. The molecule has 11 heavy (non-hydrogen) atoms. The lowest BCUT2D eigenvalue weighted by molar-refractivity contribution is 0.353. The second-order valence-electron chi connectivity index (χ2n) is 3.16. The largest absolute Gasteiger partial charge is 0.513 e. The number of aliphatic hydroxyl groups is 1. The van der Waals surface area contributed by atoms with Gasteiger partial charge in [0.25, 0.3) is 0 Å². The third kappa shape index (κ3) is 5.49. The molecule has 0 aliphatic rings. The smallest absolute Gasteiger partial charge is 0.0851 e. The molecule has 0 unspecified atom stereocenters. The second-order valence-corrected chi connectivity index (χ2v) is 5.48. The lowest BCUT2D eigenvalue weighted by atomic mass is 9.98. The Labute approximate surface area is 82.0 Å². The van der Waals surface area contributed by atoms with Crippen molar-refractivity contribution in [3.8, 4) is 0 Å². The molecule has 0 aromatic carbocycles. The van der Waals surface area contributed by atoms with Crippen LogP contribution in [0.2, 0.25) is 0 Å². The summed E-state index contributed by atoms with van der Waals surface area (Å²) in [6, 6.07) is 0. The number of rotatable bonds is 4. The topological polar surface area (TPSA) is 46.2 Å². The summed E-state index contributed by atoms with van der Waals surface area (Å²) in [6.45, 7) is 7.48. The standard InChI is InChI=1S/C8H16INO/c1-6(8(3,9)10)4-5-7(2)11/h6,11H,2,4-5,10H2,1,3H3/t6-,8+/m0/s1. The Balaban J connectivity index is 3.70. The highest BCUT2D eigenvalue weighted by Gasteiger charge is 2.21. The molecule has 0 bridgehead atoms. The third-order valence-electron chi connectivity index (χ3n) is 1.83. The Morgan fingerprint density at radius 3 is 2.55 bits per heavy atom. The predicted octanol–water partition coefficient (Wildman–Crippen LogP) is 2.58. The van der Waals surface area contributed by atoms with E-state index < -0.39 is 0 Å². The van der Waals surface area contributed by atoms with Gasteiger partial charge in [0.2, 0.25) is 0 Å². The zero-order valence-electron chi connectivity index (χ0n) is 7.10. The van der Waals surface area contributed by atoms with E-state index in [1.807, 2.05) is 6.92 Å². The Hall–Kier alpha value is 0.230. The highest BCUT2D eigenvalue weighted by Crippen LogP contribution is 2.26. The summed E-state index contributed by atoms with van der Waals surface area (Å²) in [5.74, 6) is 0.643. The lowest BCUT2D eigenvalue weighted by Crippen LogP contribution is -2.35. The highest BCUT2D eigenvalue weighted by molar-refractivity contribution is 14.1. The van der Waals surface area contributed by atoms with E-state index in [1.165, 1.54) is 0 Å². The van der Waals surface area contributed by atoms with Crippen molar-refractivity contribution >= 4 is 22.6 Å². The van der Waals surface area contributed by atoms with Crippen molar-refractivity contribution in [2.24, 2.45) is 11.7 Å². The molecule has 0 aliphatic carbocycles. The van der Waals surface area contributed by atoms with Crippen molar-refractivity contribution in [2.75, 3.05) is 0 Å². The molecule has 0 saturated carbocycles. The van der Waals surface area contributed by atoms with E-state index >= 15 is 0 Å². The third-order valence-corrected chi connectivity index (χ3v) is 2.89. The number of halogens is 1. The van der Waals surface area contributed by atoms with Crippen molar-refractivity contribution in [3.63, 3.8) is 0 Å². The van der Waals surface area contributed by atoms with Crippen LogP contribution in [0.25, 0.3) is 0 Å². The quantitative estimate of drug-likeness (QED) is 0.356. The van der Waals surface area contributed by atoms with Crippen molar-refractivity contribution in [2.45, 2.75) is 30.2 Å². The fourth-order valence-electron chi connectivity index (χ4n) is 0.665. The van der Waals surface area contributed by atoms with Crippen LogP contribution in [0.3, 0.4) is 0 Å². The van der Waals surface area contributed by atoms with Gasteiger partial charge >= 0.3 is 0 Å². The first kappa shape index (κ1) is 11.2. The Bertz CT molecular complexity index is 140. The van der Waals surface area contributed by atoms with Gasteiger partial charge < -0.3 is 10.8 Å². The van der Waals surface area contributed by atoms with Gasteiger partial charge in [-0.1, -0.05) is 36.1 Å². The summed E-state index contributed by atoms with van der Waals surface area (Å²) in [4.78, 5) is 0. The number of nitrogens with two attached hydrogens (primary N) is 1. The summed E-state index contributed by atoms with van der Waals surface area (Å²) in [5, 5.41) is 8.83. The van der Waals surface area contributed by atoms with Gasteiger partial charge in [0.1, 0.15) is 0 Å². The summed E-state index contributed by atoms with van der Waals surface area (Å²) in [5.41, 5.74) is 5.84. The van der Waals surface area contributed by atoms with Crippen LogP contribution in [-0.2, 0) is 0 Å². The van der Waals surface area contributed by atoms with Gasteiger partial charge in [-0.15, -0.1) is 0 Å². The average Bonchev–Trinajstić information content (AvgIpc) is 1.80. The zero-order chi connectivity index (χ0) is 9.07. The van der Waals surface area contributed by atoms with E-state index in [0.717, 1.165) is 6.42 Å². The second kappa shape index (κ2) is 4.30. The van der Waals surface area contributed by atoms with E-state index in [0.29, 0.717) is 12.3 Å². The molecule has 0 aromatic heterocycles. The van der Waals surface area contributed by atoms with Crippen LogP contribution in [-0.4, -0.2) is 8.65 Å². The molecule has 3 heteroatoms. The Morgan fingerprint density at radius 2 is 2.27 bits per heavy atom. The molecule has 2 atom stereocenters. The minimum atomic E-state index is -0.187. The number of aliphatic hydroxyl groups excluding tert-OH is 1. The Morgan fingerprint density at radius 1 is 1.82 bits per heavy atom. The van der Waals surface area contributed by atoms with Gasteiger partial charge in [-0.2, -0.15) is 0 Å². The normalized spacial score (nSPS) is 18.9. The van der Waals surface area contributed by atoms with E-state index in [9.17, 15) is 0 Å². The molecule has 0 radical (unpaired) electrons. The molecule has 0 saturated heterocycles. The van der Waals surface area contributed by atoms with Crippen molar-refractivity contribution in [1.29, 1.82) is 0 Å². The molecular weight excluding hydrogens is 253 g/mol. The zero-order valence-corrected chi connectivity index (χ0v) is 9.26.